The molecule has 168 valence electrons. The van der Waals surface area contributed by atoms with Crippen LogP contribution in [0.2, 0.25) is 0 Å². The molecule has 1 amide bonds. The Labute approximate surface area is 182 Å². The van der Waals surface area contributed by atoms with Gasteiger partial charge in [0.2, 0.25) is 0 Å². The molecular weight excluding hydrogens is 397 g/mol. The Balaban J connectivity index is 1.60. The lowest BCUT2D eigenvalue weighted by Crippen LogP contribution is -2.36. The minimum Gasteiger partial charge on any atom is -0.444 e. The number of ether oxygens (including phenoxy) is 1. The minimum absolute atomic E-state index is 0.0177. The van der Waals surface area contributed by atoms with Crippen molar-refractivity contribution in [1.82, 2.24) is 9.88 Å². The first-order chi connectivity index (χ1) is 14.6. The molecule has 1 saturated carbocycles. The van der Waals surface area contributed by atoms with Gasteiger partial charge >= 0.3 is 6.09 Å². The number of nitrogens with zero attached hydrogens (tertiary/aromatic N) is 2. The Morgan fingerprint density at radius 2 is 1.90 bits per heavy atom. The maximum absolute atomic E-state index is 15.5. The summed E-state index contributed by atoms with van der Waals surface area (Å²) in [5, 5.41) is 3.65. The van der Waals surface area contributed by atoms with Crippen LogP contribution in [0.1, 0.15) is 57.2 Å². The van der Waals surface area contributed by atoms with Crippen molar-refractivity contribution in [2.45, 2.75) is 65.5 Å². The minimum atomic E-state index is -0.536. The number of amides is 1. The highest BCUT2D eigenvalue weighted by Gasteiger charge is 2.31. The molecule has 1 aromatic heterocycles. The number of benzene rings is 1. The van der Waals surface area contributed by atoms with Crippen LogP contribution in [0.5, 0.6) is 0 Å². The van der Waals surface area contributed by atoms with Gasteiger partial charge in [-0.3, -0.25) is 4.79 Å². The topological polar surface area (TPSA) is 63.6 Å². The van der Waals surface area contributed by atoms with Crippen LogP contribution in [-0.2, 0) is 4.74 Å². The van der Waals surface area contributed by atoms with Crippen molar-refractivity contribution in [3.05, 3.63) is 39.4 Å². The molecule has 31 heavy (non-hydrogen) atoms. The molecule has 2 fully saturated rings. The standard InChI is InChI=1S/C24H32FN3O3/c1-14-18-8-9-19(29)28(17-6-7-17)21(18)15(2)22(20(14)25)27-11-10-16(13-27)12-26-23(30)31-24(3,4)5/h8-9,16-17H,6-7,10-13H2,1-5H3,(H,26,30). The number of nitrogens with one attached hydrogen (secondary N) is 1. The van der Waals surface area contributed by atoms with Crippen LogP contribution in [0.4, 0.5) is 14.9 Å². The molecular formula is C24H32FN3O3. The number of pyridine rings is 1. The molecule has 6 nitrogen and oxygen atoms in total. The maximum Gasteiger partial charge on any atom is 0.407 e. The van der Waals surface area contributed by atoms with E-state index in [1.807, 2.05) is 32.3 Å². The van der Waals surface area contributed by atoms with Gasteiger partial charge in [-0.15, -0.1) is 0 Å². The largest absolute Gasteiger partial charge is 0.444 e. The third-order valence-corrected chi connectivity index (χ3v) is 6.23. The normalized spacial score (nSPS) is 19.2. The van der Waals surface area contributed by atoms with Crippen molar-refractivity contribution < 1.29 is 13.9 Å². The van der Waals surface area contributed by atoms with Gasteiger partial charge in [0.05, 0.1) is 11.2 Å². The van der Waals surface area contributed by atoms with E-state index < -0.39 is 11.7 Å². The zero-order valence-electron chi connectivity index (χ0n) is 19.0. The average Bonchev–Trinajstić information content (AvgIpc) is 3.41. The van der Waals surface area contributed by atoms with Crippen LogP contribution < -0.4 is 15.8 Å². The van der Waals surface area contributed by atoms with E-state index in [4.69, 9.17) is 4.74 Å². The number of alkyl carbamates (subject to hydrolysis) is 1. The smallest absolute Gasteiger partial charge is 0.407 e. The van der Waals surface area contributed by atoms with Gasteiger partial charge in [-0.25, -0.2) is 9.18 Å². The molecule has 2 aromatic rings. The molecule has 0 radical (unpaired) electrons. The Morgan fingerprint density at radius 1 is 1.19 bits per heavy atom. The van der Waals surface area contributed by atoms with E-state index in [1.54, 1.807) is 19.1 Å². The number of aryl methyl sites for hydroxylation is 2. The molecule has 1 aromatic carbocycles. The summed E-state index contributed by atoms with van der Waals surface area (Å²) in [7, 11) is 0. The van der Waals surface area contributed by atoms with E-state index in [9.17, 15) is 9.59 Å². The van der Waals surface area contributed by atoms with E-state index >= 15 is 4.39 Å². The van der Waals surface area contributed by atoms with Gasteiger partial charge in [-0.1, -0.05) is 0 Å². The first kappa shape index (κ1) is 21.7. The van der Waals surface area contributed by atoms with Crippen LogP contribution in [0.15, 0.2) is 16.9 Å². The van der Waals surface area contributed by atoms with Crippen molar-refractivity contribution >= 4 is 22.7 Å². The second-order valence-electron chi connectivity index (χ2n) is 9.93. The predicted octanol–water partition coefficient (Wildman–Crippen LogP) is 4.44. The Kier molecular flexibility index (Phi) is 5.48. The van der Waals surface area contributed by atoms with Gasteiger partial charge in [0.25, 0.3) is 5.56 Å². The van der Waals surface area contributed by atoms with Crippen LogP contribution in [0.3, 0.4) is 0 Å². The monoisotopic (exact) mass is 429 g/mol. The zero-order chi connectivity index (χ0) is 22.5. The fourth-order valence-electron chi connectivity index (χ4n) is 4.63. The summed E-state index contributed by atoms with van der Waals surface area (Å²) in [6.45, 7) is 11.1. The summed E-state index contributed by atoms with van der Waals surface area (Å²) in [5.74, 6) is -0.00420. The summed E-state index contributed by atoms with van der Waals surface area (Å²) >= 11 is 0. The van der Waals surface area contributed by atoms with E-state index in [0.717, 1.165) is 35.7 Å². The van der Waals surface area contributed by atoms with Crippen LogP contribution in [0, 0.1) is 25.6 Å². The van der Waals surface area contributed by atoms with Crippen molar-refractivity contribution in [3.63, 3.8) is 0 Å². The predicted molar refractivity (Wildman–Crippen MR) is 120 cm³/mol. The fourth-order valence-corrected chi connectivity index (χ4v) is 4.63. The fraction of sp³-hybridized carbons (Fsp3) is 0.583. The van der Waals surface area contributed by atoms with Crippen molar-refractivity contribution in [2.24, 2.45) is 5.92 Å². The summed E-state index contributed by atoms with van der Waals surface area (Å²) in [5.41, 5.74) is 2.30. The molecule has 1 saturated heterocycles. The number of hydrogen-bond donors (Lipinski definition) is 1. The van der Waals surface area contributed by atoms with E-state index in [-0.39, 0.29) is 23.3 Å². The molecule has 2 aliphatic rings. The highest BCUT2D eigenvalue weighted by atomic mass is 19.1. The molecule has 1 aliphatic carbocycles. The summed E-state index contributed by atoms with van der Waals surface area (Å²) in [6.07, 6.45) is 2.41. The number of rotatable bonds is 4. The van der Waals surface area contributed by atoms with E-state index in [0.29, 0.717) is 30.9 Å². The van der Waals surface area contributed by atoms with Crippen LogP contribution in [0.25, 0.3) is 10.9 Å². The molecule has 2 heterocycles. The molecule has 0 bridgehead atoms. The lowest BCUT2D eigenvalue weighted by atomic mass is 10.0. The number of hydrogen-bond acceptors (Lipinski definition) is 4. The number of carbonyl (C=O) groups excluding carboxylic acids is 1. The maximum atomic E-state index is 15.5. The first-order valence-corrected chi connectivity index (χ1v) is 11.1. The van der Waals surface area contributed by atoms with Gasteiger partial charge in [-0.05, 0) is 77.0 Å². The van der Waals surface area contributed by atoms with Gasteiger partial charge in [0.15, 0.2) is 0 Å². The second-order valence-corrected chi connectivity index (χ2v) is 9.93. The Bertz CT molecular complexity index is 1080. The second kappa shape index (κ2) is 7.84. The molecule has 0 spiro atoms. The van der Waals surface area contributed by atoms with Gasteiger partial charge in [-0.2, -0.15) is 0 Å². The molecule has 1 atom stereocenters. The quantitative estimate of drug-likeness (QED) is 0.780. The number of fused-ring (bicyclic) bond motifs is 1. The van der Waals surface area contributed by atoms with Gasteiger partial charge in [0, 0.05) is 37.1 Å². The van der Waals surface area contributed by atoms with Crippen molar-refractivity contribution in [3.8, 4) is 0 Å². The Hall–Kier alpha value is -2.57. The number of anilines is 1. The van der Waals surface area contributed by atoms with E-state index in [2.05, 4.69) is 10.2 Å². The zero-order valence-corrected chi connectivity index (χ0v) is 19.0. The van der Waals surface area contributed by atoms with Gasteiger partial charge < -0.3 is 19.5 Å². The molecule has 1 N–H and O–H groups in total. The summed E-state index contributed by atoms with van der Waals surface area (Å²) in [4.78, 5) is 26.6. The lowest BCUT2D eigenvalue weighted by Gasteiger charge is -2.26. The Morgan fingerprint density at radius 3 is 2.55 bits per heavy atom. The number of carbonyl (C=O) groups is 1. The first-order valence-electron chi connectivity index (χ1n) is 11.1. The number of halogens is 1. The third-order valence-electron chi connectivity index (χ3n) is 6.23. The lowest BCUT2D eigenvalue weighted by molar-refractivity contribution is 0.0520. The summed E-state index contributed by atoms with van der Waals surface area (Å²) in [6, 6.07) is 3.53. The van der Waals surface area contributed by atoms with Crippen molar-refractivity contribution in [1.29, 1.82) is 0 Å². The highest BCUT2D eigenvalue weighted by molar-refractivity contribution is 5.91. The third kappa shape index (κ3) is 4.27. The SMILES string of the molecule is Cc1c(F)c(N2CCC(CNC(=O)OC(C)(C)C)C2)c(C)c2c1ccc(=O)n2C1CC1. The molecule has 1 aliphatic heterocycles. The highest BCUT2D eigenvalue weighted by Crippen LogP contribution is 2.41. The number of aromatic nitrogens is 1. The average molecular weight is 430 g/mol. The van der Waals surface area contributed by atoms with E-state index in [1.165, 1.54) is 0 Å². The van der Waals surface area contributed by atoms with Crippen molar-refractivity contribution in [2.75, 3.05) is 24.5 Å². The molecule has 7 heteroatoms. The molecule has 4 rings (SSSR count). The summed E-state index contributed by atoms with van der Waals surface area (Å²) < 4.78 is 22.7. The van der Waals surface area contributed by atoms with Crippen LogP contribution >= 0.6 is 0 Å². The van der Waals surface area contributed by atoms with Crippen LogP contribution in [-0.4, -0.2) is 35.9 Å². The van der Waals surface area contributed by atoms with Gasteiger partial charge in [0.1, 0.15) is 11.4 Å². The molecule has 1 unspecified atom stereocenters.